The minimum Gasteiger partial charge on any atom is -0.484 e. The zero-order valence-corrected chi connectivity index (χ0v) is 21.5. The van der Waals surface area contributed by atoms with Gasteiger partial charge in [0.05, 0.1) is 24.3 Å². The predicted molar refractivity (Wildman–Crippen MR) is 138 cm³/mol. The lowest BCUT2D eigenvalue weighted by atomic mass is 10.1. The van der Waals surface area contributed by atoms with E-state index in [4.69, 9.17) is 9.47 Å². The molecule has 1 aliphatic rings. The van der Waals surface area contributed by atoms with E-state index in [9.17, 15) is 18.0 Å². The van der Waals surface area contributed by atoms with Crippen LogP contribution < -0.4 is 19.8 Å². The molecule has 0 radical (unpaired) electrons. The second-order valence-corrected chi connectivity index (χ2v) is 10.5. The van der Waals surface area contributed by atoms with Crippen molar-refractivity contribution in [3.63, 3.8) is 0 Å². The summed E-state index contributed by atoms with van der Waals surface area (Å²) < 4.78 is 36.7. The Kier molecular flexibility index (Phi) is 9.43. The van der Waals surface area contributed by atoms with Gasteiger partial charge in [-0.15, -0.1) is 0 Å². The zero-order chi connectivity index (χ0) is 26.1. The molecule has 1 unspecified atom stereocenters. The van der Waals surface area contributed by atoms with E-state index in [1.807, 2.05) is 6.07 Å². The van der Waals surface area contributed by atoms with E-state index >= 15 is 0 Å². The Labute approximate surface area is 211 Å². The van der Waals surface area contributed by atoms with Crippen LogP contribution in [-0.2, 0) is 24.3 Å². The Morgan fingerprint density at radius 1 is 1.14 bits per heavy atom. The Hall–Kier alpha value is -3.44. The molecule has 1 fully saturated rings. The van der Waals surface area contributed by atoms with Crippen molar-refractivity contribution in [2.75, 3.05) is 36.9 Å². The summed E-state index contributed by atoms with van der Waals surface area (Å²) in [5.41, 5.74) is 5.03. The Morgan fingerprint density at radius 2 is 1.83 bits per heavy atom. The maximum absolute atomic E-state index is 12.4. The van der Waals surface area contributed by atoms with Crippen LogP contribution in [0.4, 0.5) is 5.69 Å². The van der Waals surface area contributed by atoms with Crippen LogP contribution >= 0.6 is 0 Å². The zero-order valence-electron chi connectivity index (χ0n) is 20.7. The first-order chi connectivity index (χ1) is 17.1. The molecule has 2 aromatic carbocycles. The molecule has 1 atom stereocenters. The predicted octanol–water partition coefficient (Wildman–Crippen LogP) is 1.89. The molecule has 36 heavy (non-hydrogen) atoms. The molecule has 1 heterocycles. The molecule has 2 amide bonds. The Bertz CT molecular complexity index is 1170. The lowest BCUT2D eigenvalue weighted by molar-refractivity contribution is -0.123. The summed E-state index contributed by atoms with van der Waals surface area (Å²) in [6, 6.07) is 12.2. The van der Waals surface area contributed by atoms with Gasteiger partial charge in [-0.3, -0.25) is 13.9 Å². The standard InChI is InChI=1S/C25H32N4O6S/c1-18-6-4-7-19(2)25(18)29(36(3,32)33)16-23(30)28-27-14-20-9-11-21(12-10-20)35-17-24(31)26-15-22-8-5-13-34-22/h4,6-7,9-12,14,22H,5,8,13,15-17H2,1-3H3,(H,26,31)(H,28,30). The van der Waals surface area contributed by atoms with Gasteiger partial charge in [0.15, 0.2) is 6.61 Å². The minimum atomic E-state index is -3.69. The number of para-hydroxylation sites is 1. The third kappa shape index (κ3) is 8.06. The lowest BCUT2D eigenvalue weighted by Gasteiger charge is -2.25. The number of hydrogen-bond acceptors (Lipinski definition) is 7. The number of hydrazone groups is 1. The number of amides is 2. The molecule has 1 aliphatic heterocycles. The molecule has 0 aliphatic carbocycles. The molecule has 194 valence electrons. The number of sulfonamides is 1. The van der Waals surface area contributed by atoms with Crippen LogP contribution in [0.3, 0.4) is 0 Å². The smallest absolute Gasteiger partial charge is 0.260 e. The van der Waals surface area contributed by atoms with Gasteiger partial charge in [0.25, 0.3) is 11.8 Å². The summed E-state index contributed by atoms with van der Waals surface area (Å²) in [5.74, 6) is -0.281. The molecule has 0 saturated carbocycles. The van der Waals surface area contributed by atoms with Gasteiger partial charge in [-0.05, 0) is 67.6 Å². The van der Waals surface area contributed by atoms with Crippen LogP contribution in [0.5, 0.6) is 5.75 Å². The number of aryl methyl sites for hydroxylation is 2. The van der Waals surface area contributed by atoms with Gasteiger partial charge < -0.3 is 14.8 Å². The summed E-state index contributed by atoms with van der Waals surface area (Å²) in [4.78, 5) is 24.3. The van der Waals surface area contributed by atoms with E-state index in [-0.39, 0.29) is 18.6 Å². The highest BCUT2D eigenvalue weighted by Crippen LogP contribution is 2.26. The first-order valence-corrected chi connectivity index (χ1v) is 13.5. The number of ether oxygens (including phenoxy) is 2. The molecular formula is C25H32N4O6S. The van der Waals surface area contributed by atoms with Crippen LogP contribution in [0.2, 0.25) is 0 Å². The van der Waals surface area contributed by atoms with Gasteiger partial charge in [0.1, 0.15) is 12.3 Å². The van der Waals surface area contributed by atoms with E-state index in [0.29, 0.717) is 23.5 Å². The number of benzene rings is 2. The van der Waals surface area contributed by atoms with Crippen molar-refractivity contribution in [1.82, 2.24) is 10.7 Å². The van der Waals surface area contributed by atoms with Gasteiger partial charge in [0, 0.05) is 13.2 Å². The van der Waals surface area contributed by atoms with E-state index in [2.05, 4.69) is 15.8 Å². The average molecular weight is 517 g/mol. The number of carbonyl (C=O) groups excluding carboxylic acids is 2. The van der Waals surface area contributed by atoms with Crippen LogP contribution in [0.1, 0.15) is 29.5 Å². The van der Waals surface area contributed by atoms with Crippen LogP contribution in [0.25, 0.3) is 0 Å². The number of nitrogens with one attached hydrogen (secondary N) is 2. The second kappa shape index (κ2) is 12.5. The largest absolute Gasteiger partial charge is 0.484 e. The molecule has 0 bridgehead atoms. The van der Waals surface area contributed by atoms with E-state index < -0.39 is 22.5 Å². The number of nitrogens with zero attached hydrogens (tertiary/aromatic N) is 2. The summed E-state index contributed by atoms with van der Waals surface area (Å²) >= 11 is 0. The minimum absolute atomic E-state index is 0.0778. The van der Waals surface area contributed by atoms with Gasteiger partial charge in [-0.1, -0.05) is 18.2 Å². The first kappa shape index (κ1) is 27.2. The quantitative estimate of drug-likeness (QED) is 0.347. The topological polar surface area (TPSA) is 126 Å². The number of carbonyl (C=O) groups is 2. The fraction of sp³-hybridized carbons (Fsp3) is 0.400. The maximum Gasteiger partial charge on any atom is 0.260 e. The van der Waals surface area contributed by atoms with Crippen molar-refractivity contribution >= 4 is 33.7 Å². The van der Waals surface area contributed by atoms with Crippen LogP contribution in [-0.4, -0.2) is 65.1 Å². The average Bonchev–Trinajstić information content (AvgIpc) is 3.34. The molecule has 11 heteroatoms. The Morgan fingerprint density at radius 3 is 2.44 bits per heavy atom. The van der Waals surface area contributed by atoms with Crippen molar-refractivity contribution in [2.24, 2.45) is 5.10 Å². The molecule has 0 spiro atoms. The highest BCUT2D eigenvalue weighted by atomic mass is 32.2. The maximum atomic E-state index is 12.4. The van der Waals surface area contributed by atoms with Gasteiger partial charge >= 0.3 is 0 Å². The second-order valence-electron chi connectivity index (χ2n) is 8.60. The van der Waals surface area contributed by atoms with Crippen molar-refractivity contribution < 1.29 is 27.5 Å². The molecule has 3 rings (SSSR count). The molecule has 1 saturated heterocycles. The van der Waals surface area contributed by atoms with Gasteiger partial charge in [0.2, 0.25) is 10.0 Å². The van der Waals surface area contributed by atoms with E-state index in [1.54, 1.807) is 50.2 Å². The third-order valence-corrected chi connectivity index (χ3v) is 6.69. The van der Waals surface area contributed by atoms with Crippen molar-refractivity contribution in [1.29, 1.82) is 0 Å². The van der Waals surface area contributed by atoms with Gasteiger partial charge in [-0.2, -0.15) is 5.10 Å². The SMILES string of the molecule is Cc1cccc(C)c1N(CC(=O)NN=Cc1ccc(OCC(=O)NCC2CCCO2)cc1)S(C)(=O)=O. The first-order valence-electron chi connectivity index (χ1n) is 11.6. The molecule has 2 aromatic rings. The molecule has 10 nitrogen and oxygen atoms in total. The number of rotatable bonds is 11. The summed E-state index contributed by atoms with van der Waals surface area (Å²) in [5, 5.41) is 6.71. The summed E-state index contributed by atoms with van der Waals surface area (Å²) in [6.45, 7) is 4.30. The fourth-order valence-electron chi connectivity index (χ4n) is 3.79. The molecule has 0 aromatic heterocycles. The normalized spacial score (nSPS) is 15.6. The van der Waals surface area contributed by atoms with Crippen LogP contribution in [0.15, 0.2) is 47.6 Å². The lowest BCUT2D eigenvalue weighted by Crippen LogP contribution is -2.39. The van der Waals surface area contributed by atoms with Gasteiger partial charge in [-0.25, -0.2) is 13.8 Å². The highest BCUT2D eigenvalue weighted by molar-refractivity contribution is 7.92. The number of anilines is 1. The van der Waals surface area contributed by atoms with E-state index in [0.717, 1.165) is 41.1 Å². The molecular weight excluding hydrogens is 484 g/mol. The van der Waals surface area contributed by atoms with E-state index in [1.165, 1.54) is 6.21 Å². The number of hydrogen-bond donors (Lipinski definition) is 2. The van der Waals surface area contributed by atoms with Crippen molar-refractivity contribution in [2.45, 2.75) is 32.8 Å². The summed E-state index contributed by atoms with van der Waals surface area (Å²) in [6.07, 6.45) is 4.54. The highest BCUT2D eigenvalue weighted by Gasteiger charge is 2.23. The van der Waals surface area contributed by atoms with Crippen molar-refractivity contribution in [3.05, 3.63) is 59.2 Å². The fourth-order valence-corrected chi connectivity index (χ4v) is 4.76. The Balaban J connectivity index is 1.48. The third-order valence-electron chi connectivity index (χ3n) is 5.58. The van der Waals surface area contributed by atoms with Crippen LogP contribution in [0, 0.1) is 13.8 Å². The molecule has 2 N–H and O–H groups in total. The summed E-state index contributed by atoms with van der Waals surface area (Å²) in [7, 11) is -3.69. The monoisotopic (exact) mass is 516 g/mol. The van der Waals surface area contributed by atoms with Crippen molar-refractivity contribution in [3.8, 4) is 5.75 Å².